The third-order valence-electron chi connectivity index (χ3n) is 3.84. The molecule has 1 heterocycles. The van der Waals surface area contributed by atoms with Crippen molar-refractivity contribution in [2.24, 2.45) is 0 Å². The smallest absolute Gasteiger partial charge is 0.410 e. The maximum Gasteiger partial charge on any atom is 0.410 e. The molecule has 0 aromatic heterocycles. The highest BCUT2D eigenvalue weighted by molar-refractivity contribution is 9.10. The lowest BCUT2D eigenvalue weighted by Crippen LogP contribution is -2.55. The Kier molecular flexibility index (Phi) is 5.05. The van der Waals surface area contributed by atoms with Gasteiger partial charge in [0.25, 0.3) is 0 Å². The van der Waals surface area contributed by atoms with Gasteiger partial charge in [-0.2, -0.15) is 0 Å². The fraction of sp³-hybridized carbons (Fsp3) is 0.588. The molecule has 1 saturated heterocycles. The second kappa shape index (κ2) is 6.49. The fourth-order valence-corrected chi connectivity index (χ4v) is 3.06. The van der Waals surface area contributed by atoms with Gasteiger partial charge in [0, 0.05) is 35.8 Å². The highest BCUT2D eigenvalue weighted by Gasteiger charge is 2.31. The van der Waals surface area contributed by atoms with Gasteiger partial charge in [-0.05, 0) is 52.3 Å². The first-order valence-electron chi connectivity index (χ1n) is 7.69. The van der Waals surface area contributed by atoms with Crippen molar-refractivity contribution in [1.29, 1.82) is 0 Å². The van der Waals surface area contributed by atoms with Crippen molar-refractivity contribution in [3.8, 4) is 0 Å². The summed E-state index contributed by atoms with van der Waals surface area (Å²) in [7, 11) is 0. The third-order valence-corrected chi connectivity index (χ3v) is 4.69. The molecule has 2 rings (SSSR count). The summed E-state index contributed by atoms with van der Waals surface area (Å²) in [6.07, 6.45) is -0.217. The molecule has 0 aliphatic carbocycles. The van der Waals surface area contributed by atoms with Gasteiger partial charge in [-0.1, -0.05) is 22.0 Å². The van der Waals surface area contributed by atoms with E-state index in [0.29, 0.717) is 6.54 Å². The Bertz CT molecular complexity index is 554. The fourth-order valence-electron chi connectivity index (χ4n) is 2.71. The van der Waals surface area contributed by atoms with Crippen LogP contribution < -0.4 is 4.90 Å². The number of halogens is 1. The summed E-state index contributed by atoms with van der Waals surface area (Å²) >= 11 is 3.58. The normalized spacial score (nSPS) is 19.3. The Labute approximate surface area is 141 Å². The van der Waals surface area contributed by atoms with Crippen LogP contribution in [-0.4, -0.2) is 42.3 Å². The SMILES string of the molecule is Cc1c(Br)cccc1N1CCN(C(=O)OC(C)(C)C)[C@H](C)C1. The molecule has 1 fully saturated rings. The summed E-state index contributed by atoms with van der Waals surface area (Å²) in [5.41, 5.74) is 2.01. The van der Waals surface area contributed by atoms with Gasteiger partial charge < -0.3 is 14.5 Å². The van der Waals surface area contributed by atoms with Gasteiger partial charge in [0.15, 0.2) is 0 Å². The van der Waals surface area contributed by atoms with E-state index in [2.05, 4.69) is 52.9 Å². The van der Waals surface area contributed by atoms with E-state index < -0.39 is 5.60 Å². The van der Waals surface area contributed by atoms with Crippen LogP contribution in [-0.2, 0) is 4.74 Å². The van der Waals surface area contributed by atoms with Crippen LogP contribution in [0, 0.1) is 6.92 Å². The quantitative estimate of drug-likeness (QED) is 0.744. The standard InChI is InChI=1S/C17H25BrN2O2/c1-12-11-19(15-8-6-7-14(18)13(15)2)9-10-20(12)16(21)22-17(3,4)5/h6-8,12H,9-11H2,1-5H3/t12-/m1/s1. The zero-order chi connectivity index (χ0) is 16.5. The summed E-state index contributed by atoms with van der Waals surface area (Å²) in [5, 5.41) is 0. The van der Waals surface area contributed by atoms with Gasteiger partial charge in [-0.3, -0.25) is 0 Å². The number of hydrogen-bond acceptors (Lipinski definition) is 3. The van der Waals surface area contributed by atoms with Crippen LogP contribution >= 0.6 is 15.9 Å². The summed E-state index contributed by atoms with van der Waals surface area (Å²) in [6, 6.07) is 6.37. The van der Waals surface area contributed by atoms with E-state index in [0.717, 1.165) is 17.6 Å². The molecule has 0 bridgehead atoms. The molecular weight excluding hydrogens is 344 g/mol. The Morgan fingerprint density at radius 2 is 2.00 bits per heavy atom. The summed E-state index contributed by atoms with van der Waals surface area (Å²) in [5.74, 6) is 0. The monoisotopic (exact) mass is 368 g/mol. The topological polar surface area (TPSA) is 32.8 Å². The molecular formula is C17H25BrN2O2. The molecule has 122 valence electrons. The molecule has 5 heteroatoms. The van der Waals surface area contributed by atoms with Crippen molar-refractivity contribution < 1.29 is 9.53 Å². The van der Waals surface area contributed by atoms with Crippen LogP contribution in [0.15, 0.2) is 22.7 Å². The molecule has 4 nitrogen and oxygen atoms in total. The van der Waals surface area contributed by atoms with Crippen LogP contribution in [0.2, 0.25) is 0 Å². The summed E-state index contributed by atoms with van der Waals surface area (Å²) in [6.45, 7) is 12.2. The summed E-state index contributed by atoms with van der Waals surface area (Å²) < 4.78 is 6.61. The number of nitrogens with zero attached hydrogens (tertiary/aromatic N) is 2. The minimum atomic E-state index is -0.450. The molecule has 1 amide bonds. The predicted octanol–water partition coefficient (Wildman–Crippen LogP) is 4.20. The molecule has 0 radical (unpaired) electrons. The first-order valence-corrected chi connectivity index (χ1v) is 8.48. The maximum atomic E-state index is 12.3. The van der Waals surface area contributed by atoms with Gasteiger partial charge >= 0.3 is 6.09 Å². The number of carbonyl (C=O) groups excluding carboxylic acids is 1. The second-order valence-electron chi connectivity index (χ2n) is 6.85. The van der Waals surface area contributed by atoms with Crippen molar-refractivity contribution in [3.63, 3.8) is 0 Å². The highest BCUT2D eigenvalue weighted by atomic mass is 79.9. The molecule has 22 heavy (non-hydrogen) atoms. The van der Waals surface area contributed by atoms with E-state index in [1.165, 1.54) is 11.3 Å². The lowest BCUT2D eigenvalue weighted by atomic mass is 10.1. The van der Waals surface area contributed by atoms with Gasteiger partial charge in [0.05, 0.1) is 0 Å². The molecule has 0 spiro atoms. The predicted molar refractivity (Wildman–Crippen MR) is 93.5 cm³/mol. The van der Waals surface area contributed by atoms with E-state index in [4.69, 9.17) is 4.74 Å². The number of ether oxygens (including phenoxy) is 1. The Balaban J connectivity index is 2.07. The van der Waals surface area contributed by atoms with E-state index in [-0.39, 0.29) is 12.1 Å². The molecule has 1 aliphatic heterocycles. The first kappa shape index (κ1) is 17.1. The first-order chi connectivity index (χ1) is 10.2. The number of benzene rings is 1. The number of anilines is 1. The van der Waals surface area contributed by atoms with Crippen molar-refractivity contribution >= 4 is 27.7 Å². The second-order valence-corrected chi connectivity index (χ2v) is 7.71. The number of carbonyl (C=O) groups is 1. The molecule has 1 aromatic rings. The molecule has 0 N–H and O–H groups in total. The van der Waals surface area contributed by atoms with Gasteiger partial charge in [0.1, 0.15) is 5.60 Å². The number of hydrogen-bond donors (Lipinski definition) is 0. The summed E-state index contributed by atoms with van der Waals surface area (Å²) in [4.78, 5) is 16.4. The van der Waals surface area contributed by atoms with Crippen LogP contribution in [0.25, 0.3) is 0 Å². The number of piperazine rings is 1. The van der Waals surface area contributed by atoms with E-state index in [9.17, 15) is 4.79 Å². The average Bonchev–Trinajstić information content (AvgIpc) is 2.39. The average molecular weight is 369 g/mol. The molecule has 0 saturated carbocycles. The largest absolute Gasteiger partial charge is 0.444 e. The van der Waals surface area contributed by atoms with Crippen LogP contribution in [0.3, 0.4) is 0 Å². The maximum absolute atomic E-state index is 12.3. The molecule has 1 aromatic carbocycles. The highest BCUT2D eigenvalue weighted by Crippen LogP contribution is 2.28. The minimum absolute atomic E-state index is 0.127. The zero-order valence-corrected chi connectivity index (χ0v) is 15.6. The van der Waals surface area contributed by atoms with E-state index in [1.54, 1.807) is 0 Å². The Hall–Kier alpha value is -1.23. The van der Waals surface area contributed by atoms with Gasteiger partial charge in [-0.25, -0.2) is 4.79 Å². The van der Waals surface area contributed by atoms with E-state index in [1.807, 2.05) is 25.7 Å². The lowest BCUT2D eigenvalue weighted by Gasteiger charge is -2.41. The van der Waals surface area contributed by atoms with Crippen molar-refractivity contribution in [2.45, 2.75) is 46.3 Å². The van der Waals surface area contributed by atoms with Crippen molar-refractivity contribution in [3.05, 3.63) is 28.2 Å². The number of amides is 1. The van der Waals surface area contributed by atoms with Gasteiger partial charge in [-0.15, -0.1) is 0 Å². The number of rotatable bonds is 1. The van der Waals surface area contributed by atoms with E-state index >= 15 is 0 Å². The molecule has 1 atom stereocenters. The van der Waals surface area contributed by atoms with Crippen LogP contribution in [0.5, 0.6) is 0 Å². The molecule has 0 unspecified atom stereocenters. The molecule has 1 aliphatic rings. The van der Waals surface area contributed by atoms with Gasteiger partial charge in [0.2, 0.25) is 0 Å². The van der Waals surface area contributed by atoms with Crippen molar-refractivity contribution in [2.75, 3.05) is 24.5 Å². The zero-order valence-electron chi connectivity index (χ0n) is 14.0. The van der Waals surface area contributed by atoms with Crippen molar-refractivity contribution in [1.82, 2.24) is 4.90 Å². The lowest BCUT2D eigenvalue weighted by molar-refractivity contribution is 0.0159. The van der Waals surface area contributed by atoms with Crippen LogP contribution in [0.4, 0.5) is 10.5 Å². The Morgan fingerprint density at radius 3 is 2.59 bits per heavy atom. The van der Waals surface area contributed by atoms with Crippen LogP contribution in [0.1, 0.15) is 33.3 Å². The minimum Gasteiger partial charge on any atom is -0.444 e. The third kappa shape index (κ3) is 3.94. The Morgan fingerprint density at radius 1 is 1.32 bits per heavy atom.